The van der Waals surface area contributed by atoms with Gasteiger partial charge in [-0.15, -0.1) is 0 Å². The molecule has 744 valence electrons. The molecule has 23 heteroatoms. The summed E-state index contributed by atoms with van der Waals surface area (Å²) in [6, 6.07) is 135. The van der Waals surface area contributed by atoms with Crippen LogP contribution in [0.25, 0.3) is 28.2 Å². The molecule has 19 rings (SSSR count). The number of nitrogen functional groups attached to an aromatic ring is 2. The van der Waals surface area contributed by atoms with E-state index in [2.05, 4.69) is 358 Å². The topological polar surface area (TPSA) is 228 Å². The summed E-state index contributed by atoms with van der Waals surface area (Å²) < 4.78 is 25.0. The Bertz CT molecular complexity index is 6570. The number of benzene rings is 14. The van der Waals surface area contributed by atoms with Gasteiger partial charge in [-0.2, -0.15) is 0 Å². The maximum Gasteiger partial charge on any atom is -0.0134 e. The Morgan fingerprint density at radius 2 is 0.710 bits per heavy atom. The number of carbonyl (C=O) groups is 1. The number of ether oxygens (including phenoxy) is 2. The number of ketones is 1. The van der Waals surface area contributed by atoms with Gasteiger partial charge < -0.3 is 40.5 Å². The normalized spacial score (nSPS) is 12.0. The van der Waals surface area contributed by atoms with E-state index < -0.39 is 22.1 Å². The zero-order valence-electron chi connectivity index (χ0n) is 83.6. The minimum absolute atomic E-state index is 0.0300. The van der Waals surface area contributed by atoms with Crippen LogP contribution in [0, 0.1) is 6.92 Å². The number of halogens is 3. The fraction of sp³-hybridized carbons (Fsp3) is 0.189. The van der Waals surface area contributed by atoms with Gasteiger partial charge in [0, 0.05) is 62.6 Å². The molecule has 0 spiro atoms. The van der Waals surface area contributed by atoms with Gasteiger partial charge in [-0.1, -0.05) is 409 Å². The number of nitrogens with zero attached hydrogens (tertiary/aromatic N) is 7. The van der Waals surface area contributed by atoms with E-state index in [-0.39, 0.29) is 51.7 Å². The number of anilines is 2. The molecule has 4 aromatic heterocycles. The van der Waals surface area contributed by atoms with Crippen molar-refractivity contribution in [2.24, 2.45) is 0 Å². The number of fused-ring (bicyclic) bond motifs is 1. The van der Waals surface area contributed by atoms with Crippen molar-refractivity contribution in [3.8, 4) is 34.1 Å². The molecule has 1 saturated heterocycles. The average molecular weight is 2160 g/mol. The first-order valence-corrected chi connectivity index (χ1v) is 56.0. The van der Waals surface area contributed by atoms with Gasteiger partial charge >= 0.3 is 42.1 Å². The van der Waals surface area contributed by atoms with Crippen molar-refractivity contribution in [3.63, 3.8) is 0 Å². The molecule has 18 aromatic rings. The number of phenolic OH excluding ortho intramolecular Hbond substituents is 1. The number of aromatic hydroxyl groups is 2. The first-order valence-electron chi connectivity index (χ1n) is 48.5. The van der Waals surface area contributed by atoms with E-state index in [0.717, 1.165) is 81.0 Å². The second-order valence-corrected chi connectivity index (χ2v) is 42.6. The van der Waals surface area contributed by atoms with Crippen molar-refractivity contribution < 1.29 is 49.7 Å². The van der Waals surface area contributed by atoms with Gasteiger partial charge in [-0.3, -0.25) is 9.20 Å². The molecule has 0 atom stereocenters. The number of aromatic nitrogens is 7. The molecule has 6 N–H and O–H groups in total. The smallest absolute Gasteiger partial charge is 0.0134 e. The van der Waals surface area contributed by atoms with E-state index in [1.54, 1.807) is 28.9 Å². The number of phenols is 1. The summed E-state index contributed by atoms with van der Waals surface area (Å²) in [5, 5.41) is 29.0. The van der Waals surface area contributed by atoms with E-state index in [1.807, 2.05) is 130 Å². The third-order valence-electron chi connectivity index (χ3n) is 24.1. The number of aryl methyl sites for hydroxylation is 4. The Hall–Kier alpha value is -12.8. The number of hydrogen-bond acceptors (Lipinski definition) is 15. The van der Waals surface area contributed by atoms with Gasteiger partial charge in [0.2, 0.25) is 12.2 Å². The van der Waals surface area contributed by atoms with E-state index in [0.29, 0.717) is 72.9 Å². The maximum atomic E-state index is 11.9. The summed E-state index contributed by atoms with van der Waals surface area (Å²) in [6.45, 7) is 21.4. The predicted octanol–water partition coefficient (Wildman–Crippen LogP) is 25.2. The fourth-order valence-electron chi connectivity index (χ4n) is 15.5. The predicted molar refractivity (Wildman–Crippen MR) is 604 cm³/mol. The van der Waals surface area contributed by atoms with Crippen LogP contribution in [0.5, 0.6) is 11.6 Å². The Kier molecular flexibility index (Phi) is 44.2. The van der Waals surface area contributed by atoms with Gasteiger partial charge in [0.25, 0.3) is 0 Å². The van der Waals surface area contributed by atoms with Crippen LogP contribution < -0.4 is 48.8 Å². The van der Waals surface area contributed by atoms with Gasteiger partial charge in [0.1, 0.15) is 27.7 Å². The molecule has 1 aliphatic rings. The number of nitrogens with two attached hydrogens (primary N) is 2. The monoisotopic (exact) mass is 2160 g/mol. The summed E-state index contributed by atoms with van der Waals surface area (Å²) in [4.78, 5) is 39.0. The zero-order valence-corrected chi connectivity index (χ0v) is 90.0. The van der Waals surface area contributed by atoms with Gasteiger partial charge in [0.05, 0.1) is 52.1 Å². The Morgan fingerprint density at radius 1 is 0.400 bits per heavy atom. The van der Waals surface area contributed by atoms with Crippen LogP contribution in [-0.4, -0.2) is 88.1 Å². The number of hydrogen-bond donors (Lipinski definition) is 4. The maximum absolute atomic E-state index is 11.9. The Morgan fingerprint density at radius 3 is 1.08 bits per heavy atom. The minimum Gasteiger partial charge on any atom is -0.0622 e. The molecule has 0 bridgehead atoms. The van der Waals surface area contributed by atoms with E-state index >= 15 is 0 Å². The zero-order chi connectivity index (χ0) is 103. The fourth-order valence-corrected chi connectivity index (χ4v) is 20.5. The molecule has 5 heterocycles. The second-order valence-electron chi connectivity index (χ2n) is 35.0. The molecule has 0 radical (unpaired) electrons. The number of imidazole rings is 1. The Labute approximate surface area is 882 Å². The van der Waals surface area contributed by atoms with Crippen molar-refractivity contribution in [1.29, 1.82) is 0 Å². The van der Waals surface area contributed by atoms with E-state index in [1.165, 1.54) is 65.2 Å². The minimum atomic E-state index is -0.730. The molecule has 1 aliphatic heterocycles. The molecule has 16 nitrogen and oxygen atoms in total. The van der Waals surface area contributed by atoms with Gasteiger partial charge in [0.15, 0.2) is 11.4 Å². The van der Waals surface area contributed by atoms with Crippen LogP contribution in [0.1, 0.15) is 135 Å². The van der Waals surface area contributed by atoms with Crippen LogP contribution in [0.15, 0.2) is 418 Å². The second kappa shape index (κ2) is 57.8. The summed E-state index contributed by atoms with van der Waals surface area (Å²) in [5.41, 5.74) is 30.2. The van der Waals surface area contributed by atoms with Crippen LogP contribution >= 0.6 is 50.8 Å². The summed E-state index contributed by atoms with van der Waals surface area (Å²) in [7, 11) is 8.49. The molecule has 0 amide bonds. The largest absolute Gasteiger partial charge is 0.0622 e. The van der Waals surface area contributed by atoms with Crippen LogP contribution in [0.3, 0.4) is 0 Å². The quantitative estimate of drug-likeness (QED) is 0.0213. The van der Waals surface area contributed by atoms with Crippen LogP contribution in [-0.2, 0) is 90.9 Å². The van der Waals surface area contributed by atoms with Crippen molar-refractivity contribution in [2.75, 3.05) is 24.7 Å². The first-order chi connectivity index (χ1) is 70.5. The van der Waals surface area contributed by atoms with Crippen molar-refractivity contribution in [2.45, 2.75) is 138 Å². The molecular weight excluding hydrogens is 2030 g/mol. The van der Waals surface area contributed by atoms with Crippen LogP contribution in [0.4, 0.5) is 11.6 Å². The third kappa shape index (κ3) is 33.9. The summed E-state index contributed by atoms with van der Waals surface area (Å²) >= 11 is 3.17. The molecule has 1 fully saturated rings. The van der Waals surface area contributed by atoms with Crippen molar-refractivity contribution >= 4 is 118 Å². The van der Waals surface area contributed by atoms with E-state index in [9.17, 15) is 15.0 Å². The van der Waals surface area contributed by atoms with Gasteiger partial charge in [-0.05, 0) is 193 Å². The van der Waals surface area contributed by atoms with E-state index in [4.69, 9.17) is 64.3 Å². The molecule has 0 unspecified atom stereocenters. The SMILES string of the molecule is CCOC(OCC)C(=O)Cc1ccc(C)cc1.CCc1ccc(-c2cn3c(O)c(Cc4ccc(O)cc4)nc3c(Cc3ccccc3)n2)cc1.CCc1ccc(-c2cnc(N)c(Cc3ccccc3)n2)cc1.CCc1ccc(B2OC(C)(C)C(C)(C)O2)cc1.Nc1ncc(Br)nc1Cc1ccccc1.[Cl][Pd][Cl].c1ccc(P(c2ccccc2)c2ccccc2)cc1.c1ccc(P(c2ccccc2)c2ccccc2)cc1. The average Bonchev–Trinajstić information content (AvgIpc) is 1.62. The standard InChI is InChI=1S/C28H25N3O2.C19H19N3.2C18H15P.C14H21BO2.C14H20O3.C11H10BrN3.2ClH.Pd/c1-2-19-8-12-22(13-9-19)26-18-31-27(24(29-26)16-20-6-4-3-5-7-20)30-25(28(31)33)17-21-10-14-23(32)15-11-21;1-2-14-8-10-16(11-9-14)18-13-21-19(20)17(22-18)12-15-6-4-3-5-7-15;2*1-4-10-16(11-5-1)19(17-12-6-2-7-13-17)18-14-8-3-9-15-18;1-6-11-7-9-12(10-8-11)15-16-13(2,3)14(4,5)17-15;1-4-16-14(17-5-2)13(15)10-12-8-6-11(3)7-9-12;12-10-7-14-11(13)9(15-10)6-8-4-2-1-3-5-8;;;/h3-15,18,32-33H,2,16-17H2,1H3;3-11,13H,2,12H2,1H3,(H2,20,21);2*1-15H;7-10H,6H2,1-5H3;6-9,14H,4-5,10H2,1-3H3;1-5,7H,6H2,(H2,13,14);2*1H;/q;;;;;;;;;+2/p-2. The molecule has 0 aliphatic carbocycles. The number of carbonyl (C=O) groups excluding carboxylic acids is 1. The first kappa shape index (κ1) is 111. The Balaban J connectivity index is 0.000000152. The molecular formula is C122H125BBrCl2N9O7P2Pd. The molecule has 0 saturated carbocycles. The van der Waals surface area contributed by atoms with Crippen molar-refractivity contribution in [3.05, 3.63) is 490 Å². The number of Topliss-reactive ketones (excluding diaryl/α,β-unsaturated/α-hetero) is 1. The summed E-state index contributed by atoms with van der Waals surface area (Å²) in [5.74, 6) is 1.28. The van der Waals surface area contributed by atoms with Crippen molar-refractivity contribution in [1.82, 2.24) is 34.3 Å². The number of rotatable bonds is 27. The molecule has 145 heavy (non-hydrogen) atoms. The van der Waals surface area contributed by atoms with Crippen LogP contribution in [0.2, 0.25) is 0 Å². The molecule has 14 aromatic carbocycles. The third-order valence-corrected chi connectivity index (χ3v) is 29.4. The summed E-state index contributed by atoms with van der Waals surface area (Å²) in [6.07, 6.45) is 10.4. The van der Waals surface area contributed by atoms with Gasteiger partial charge in [-0.25, -0.2) is 29.9 Å².